The molecule has 0 aromatic carbocycles. The molecule has 0 aromatic heterocycles. The Labute approximate surface area is 335 Å². The number of carbonyl (C=O) groups excluding carboxylic acids is 1. The van der Waals surface area contributed by atoms with Crippen molar-refractivity contribution >= 4 is 5.97 Å². The summed E-state index contributed by atoms with van der Waals surface area (Å²) < 4.78 is 22.8. The van der Waals surface area contributed by atoms with Gasteiger partial charge < -0.3 is 39.4 Å². The molecule has 1 aliphatic heterocycles. The molecule has 9 nitrogen and oxygen atoms in total. The Bertz CT molecular complexity index is 978. The topological polar surface area (TPSA) is 135 Å². The zero-order valence-electron chi connectivity index (χ0n) is 34.9. The zero-order chi connectivity index (χ0) is 40.0. The van der Waals surface area contributed by atoms with Crippen LogP contribution in [0.1, 0.15) is 174 Å². The van der Waals surface area contributed by atoms with Crippen molar-refractivity contribution in [2.24, 2.45) is 0 Å². The van der Waals surface area contributed by atoms with Crippen molar-refractivity contribution in [3.63, 3.8) is 0 Å². The van der Waals surface area contributed by atoms with Crippen LogP contribution in [0.25, 0.3) is 0 Å². The van der Waals surface area contributed by atoms with Crippen LogP contribution in [0.4, 0.5) is 0 Å². The van der Waals surface area contributed by atoms with Crippen LogP contribution >= 0.6 is 0 Å². The minimum atomic E-state index is -1.54. The van der Waals surface area contributed by atoms with E-state index in [2.05, 4.69) is 62.5 Å². The normalized spacial score (nSPS) is 21.2. The summed E-state index contributed by atoms with van der Waals surface area (Å²) in [4.78, 5) is 12.8. The Kier molecular flexibility index (Phi) is 35.1. The van der Waals surface area contributed by atoms with Gasteiger partial charge in [0.05, 0.1) is 19.8 Å². The number of carbonyl (C=O) groups is 1. The summed E-state index contributed by atoms with van der Waals surface area (Å²) >= 11 is 0. The predicted octanol–water partition coefficient (Wildman–Crippen LogP) is 9.75. The molecular formula is C46H82O9. The Balaban J connectivity index is 2.28. The molecule has 320 valence electrons. The molecule has 0 radical (unpaired) electrons. The molecule has 6 atom stereocenters. The molecule has 1 rings (SSSR count). The van der Waals surface area contributed by atoms with E-state index in [9.17, 15) is 25.2 Å². The Morgan fingerprint density at radius 2 is 1.11 bits per heavy atom. The average Bonchev–Trinajstić information content (AvgIpc) is 3.18. The molecule has 0 spiro atoms. The molecule has 1 heterocycles. The van der Waals surface area contributed by atoms with Crippen molar-refractivity contribution < 1.29 is 44.2 Å². The summed E-state index contributed by atoms with van der Waals surface area (Å²) in [5.74, 6) is -0.321. The van der Waals surface area contributed by atoms with Crippen molar-refractivity contribution in [1.29, 1.82) is 0 Å². The Morgan fingerprint density at radius 1 is 0.600 bits per heavy atom. The molecule has 55 heavy (non-hydrogen) atoms. The summed E-state index contributed by atoms with van der Waals surface area (Å²) in [7, 11) is 0. The summed E-state index contributed by atoms with van der Waals surface area (Å²) in [6.45, 7) is 4.40. The summed E-state index contributed by atoms with van der Waals surface area (Å²) in [5, 5.41) is 40.1. The van der Waals surface area contributed by atoms with Gasteiger partial charge in [-0.1, -0.05) is 165 Å². The average molecular weight is 779 g/mol. The van der Waals surface area contributed by atoms with E-state index in [-0.39, 0.29) is 19.2 Å². The Hall–Kier alpha value is -1.85. The van der Waals surface area contributed by atoms with E-state index in [4.69, 9.17) is 18.9 Å². The van der Waals surface area contributed by atoms with Crippen LogP contribution in [-0.2, 0) is 23.7 Å². The molecule has 0 bridgehead atoms. The number of allylic oxidation sites excluding steroid dienone is 8. The first-order valence-corrected chi connectivity index (χ1v) is 22.2. The highest BCUT2D eigenvalue weighted by Gasteiger charge is 2.44. The third kappa shape index (κ3) is 29.1. The van der Waals surface area contributed by atoms with E-state index in [1.54, 1.807) is 0 Å². The smallest absolute Gasteiger partial charge is 0.306 e. The lowest BCUT2D eigenvalue weighted by atomic mass is 9.99. The van der Waals surface area contributed by atoms with E-state index in [0.717, 1.165) is 70.6 Å². The molecule has 1 saturated heterocycles. The Morgan fingerprint density at radius 3 is 1.67 bits per heavy atom. The molecule has 0 aromatic rings. The van der Waals surface area contributed by atoms with Gasteiger partial charge in [-0.15, -0.1) is 0 Å². The van der Waals surface area contributed by atoms with Crippen LogP contribution in [0, 0.1) is 0 Å². The number of ether oxygens (including phenoxy) is 4. The van der Waals surface area contributed by atoms with Gasteiger partial charge in [0.15, 0.2) is 6.29 Å². The fourth-order valence-corrected chi connectivity index (χ4v) is 6.54. The minimum absolute atomic E-state index is 0.121. The lowest BCUT2D eigenvalue weighted by Crippen LogP contribution is -2.59. The van der Waals surface area contributed by atoms with E-state index in [1.165, 1.54) is 83.5 Å². The molecule has 4 N–H and O–H groups in total. The fourth-order valence-electron chi connectivity index (χ4n) is 6.54. The molecule has 6 unspecified atom stereocenters. The highest BCUT2D eigenvalue weighted by atomic mass is 16.7. The zero-order valence-corrected chi connectivity index (χ0v) is 34.9. The summed E-state index contributed by atoms with van der Waals surface area (Å²) in [6.07, 6.45) is 38.5. The van der Waals surface area contributed by atoms with Crippen molar-refractivity contribution in [1.82, 2.24) is 0 Å². The van der Waals surface area contributed by atoms with Crippen LogP contribution in [0.15, 0.2) is 48.6 Å². The first-order chi connectivity index (χ1) is 26.9. The van der Waals surface area contributed by atoms with E-state index in [0.29, 0.717) is 13.0 Å². The maximum atomic E-state index is 12.8. The van der Waals surface area contributed by atoms with E-state index < -0.39 is 43.4 Å². The fraction of sp³-hybridized carbons (Fsp3) is 0.804. The third-order valence-corrected chi connectivity index (χ3v) is 10.0. The van der Waals surface area contributed by atoms with Crippen LogP contribution < -0.4 is 0 Å². The molecule has 9 heteroatoms. The second kappa shape index (κ2) is 37.7. The molecule has 1 aliphatic rings. The van der Waals surface area contributed by atoms with Crippen LogP contribution in [0.3, 0.4) is 0 Å². The van der Waals surface area contributed by atoms with Gasteiger partial charge in [-0.3, -0.25) is 4.79 Å². The number of aliphatic hydroxyl groups excluding tert-OH is 4. The highest BCUT2D eigenvalue weighted by Crippen LogP contribution is 2.22. The van der Waals surface area contributed by atoms with E-state index >= 15 is 0 Å². The molecular weight excluding hydrogens is 696 g/mol. The molecule has 1 fully saturated rings. The monoisotopic (exact) mass is 779 g/mol. The van der Waals surface area contributed by atoms with Crippen molar-refractivity contribution in [3.8, 4) is 0 Å². The quantitative estimate of drug-likeness (QED) is 0.0276. The van der Waals surface area contributed by atoms with Gasteiger partial charge in [0.1, 0.15) is 30.5 Å². The largest absolute Gasteiger partial charge is 0.457 e. The predicted molar refractivity (Wildman–Crippen MR) is 224 cm³/mol. The number of hydrogen-bond acceptors (Lipinski definition) is 9. The molecule has 0 saturated carbocycles. The number of rotatable bonds is 37. The second-order valence-corrected chi connectivity index (χ2v) is 15.1. The second-order valence-electron chi connectivity index (χ2n) is 15.1. The first kappa shape index (κ1) is 51.2. The van der Waals surface area contributed by atoms with Crippen LogP contribution in [0.2, 0.25) is 0 Å². The SMILES string of the molecule is CC/C=C\C/C=C\C/C=C\C/C=C\CCCCCCCOCC(COC1OC(CO)C(O)C(O)C1O)OC(=O)CCCCCCCCCCCCCCCC. The van der Waals surface area contributed by atoms with Gasteiger partial charge in [-0.25, -0.2) is 0 Å². The van der Waals surface area contributed by atoms with Crippen molar-refractivity contribution in [2.75, 3.05) is 26.4 Å². The van der Waals surface area contributed by atoms with Gasteiger partial charge in [0, 0.05) is 13.0 Å². The van der Waals surface area contributed by atoms with Crippen LogP contribution in [-0.4, -0.2) is 89.6 Å². The molecule has 0 aliphatic carbocycles. The third-order valence-electron chi connectivity index (χ3n) is 10.0. The van der Waals surface area contributed by atoms with Crippen molar-refractivity contribution in [2.45, 2.75) is 211 Å². The summed E-state index contributed by atoms with van der Waals surface area (Å²) in [5.41, 5.74) is 0. The standard InChI is InChI=1S/C46H82O9/c1-3-5-7-9-11-13-15-17-19-20-21-22-24-26-28-30-32-34-36-52-38-40(39-53-46-45(51)44(50)43(49)41(37-47)55-46)54-42(48)35-33-31-29-27-25-23-18-16-14-12-10-8-6-4-2/h5,7,11,13,17,19,21-22,40-41,43-47,49-51H,3-4,6,8-10,12,14-16,18,20,23-39H2,1-2H3/b7-5-,13-11-,19-17-,22-21-. The number of esters is 1. The number of aliphatic hydroxyl groups is 4. The summed E-state index contributed by atoms with van der Waals surface area (Å²) in [6, 6.07) is 0. The maximum Gasteiger partial charge on any atom is 0.306 e. The lowest BCUT2D eigenvalue weighted by molar-refractivity contribution is -0.305. The number of hydrogen-bond donors (Lipinski definition) is 4. The van der Waals surface area contributed by atoms with Gasteiger partial charge in [-0.2, -0.15) is 0 Å². The van der Waals surface area contributed by atoms with Gasteiger partial charge in [0.2, 0.25) is 0 Å². The van der Waals surface area contributed by atoms with Crippen LogP contribution in [0.5, 0.6) is 0 Å². The maximum absolute atomic E-state index is 12.8. The lowest BCUT2D eigenvalue weighted by Gasteiger charge is -2.39. The highest BCUT2D eigenvalue weighted by molar-refractivity contribution is 5.69. The first-order valence-electron chi connectivity index (χ1n) is 22.2. The minimum Gasteiger partial charge on any atom is -0.457 e. The van der Waals surface area contributed by atoms with Gasteiger partial charge in [0.25, 0.3) is 0 Å². The number of unbranched alkanes of at least 4 members (excludes halogenated alkanes) is 18. The van der Waals surface area contributed by atoms with Crippen molar-refractivity contribution in [3.05, 3.63) is 48.6 Å². The van der Waals surface area contributed by atoms with E-state index in [1.807, 2.05) is 0 Å². The van der Waals surface area contributed by atoms with Gasteiger partial charge >= 0.3 is 5.97 Å². The van der Waals surface area contributed by atoms with Gasteiger partial charge in [-0.05, 0) is 51.4 Å². The molecule has 0 amide bonds.